The molecule has 0 fully saturated rings. The molecule has 0 radical (unpaired) electrons. The van der Waals surface area contributed by atoms with E-state index in [-0.39, 0.29) is 19.3 Å². The SMILES string of the molecule is NC(=O)C(NCCc1cccnc1)C1=CC=CC(CCc2ccncc2)(C(F)(F)F)C1. The van der Waals surface area contributed by atoms with Crippen LogP contribution in [0.1, 0.15) is 24.0 Å². The molecule has 1 aliphatic rings. The van der Waals surface area contributed by atoms with Gasteiger partial charge in [0.1, 0.15) is 6.04 Å². The van der Waals surface area contributed by atoms with Crippen molar-refractivity contribution in [2.75, 3.05) is 6.54 Å². The maximum Gasteiger partial charge on any atom is 0.398 e. The zero-order chi connectivity index (χ0) is 22.3. The van der Waals surface area contributed by atoms with E-state index < -0.39 is 23.5 Å². The van der Waals surface area contributed by atoms with Gasteiger partial charge in [0.25, 0.3) is 0 Å². The number of aromatic nitrogens is 2. The van der Waals surface area contributed by atoms with E-state index >= 15 is 0 Å². The minimum atomic E-state index is -4.46. The molecule has 2 atom stereocenters. The molecule has 0 aliphatic heterocycles. The highest BCUT2D eigenvalue weighted by molar-refractivity contribution is 5.83. The summed E-state index contributed by atoms with van der Waals surface area (Å²) < 4.78 is 42.5. The molecule has 31 heavy (non-hydrogen) atoms. The molecule has 2 unspecified atom stereocenters. The molecule has 3 rings (SSSR count). The lowest BCUT2D eigenvalue weighted by molar-refractivity contribution is -0.208. The average molecular weight is 430 g/mol. The van der Waals surface area contributed by atoms with E-state index in [1.807, 2.05) is 6.07 Å². The minimum absolute atomic E-state index is 0.129. The number of amides is 1. The van der Waals surface area contributed by atoms with E-state index in [4.69, 9.17) is 5.73 Å². The maximum atomic E-state index is 14.2. The standard InChI is InChI=1S/C23H25F3N4O/c24-23(25,26)22(10-5-17-6-12-28-13-7-17)9-1-4-19(15-22)20(21(27)31)30-14-8-18-3-2-11-29-16-18/h1-4,6-7,9,11-13,16,20,30H,5,8,10,14-15H2,(H2,27,31). The number of rotatable bonds is 9. The summed E-state index contributed by atoms with van der Waals surface area (Å²) in [4.78, 5) is 20.0. The van der Waals surface area contributed by atoms with Gasteiger partial charge in [-0.15, -0.1) is 0 Å². The van der Waals surface area contributed by atoms with Gasteiger partial charge in [-0.25, -0.2) is 0 Å². The summed E-state index contributed by atoms with van der Waals surface area (Å²) in [6.07, 6.45) is 6.55. The van der Waals surface area contributed by atoms with Crippen LogP contribution in [-0.2, 0) is 17.6 Å². The third-order valence-corrected chi connectivity index (χ3v) is 5.56. The number of aryl methyl sites for hydroxylation is 1. The highest BCUT2D eigenvalue weighted by Crippen LogP contribution is 2.49. The zero-order valence-corrected chi connectivity index (χ0v) is 17.0. The molecule has 0 spiro atoms. The minimum Gasteiger partial charge on any atom is -0.368 e. The highest BCUT2D eigenvalue weighted by atomic mass is 19.4. The Morgan fingerprint density at radius 1 is 1.13 bits per heavy atom. The van der Waals surface area contributed by atoms with Crippen LogP contribution in [0.2, 0.25) is 0 Å². The molecule has 3 N–H and O–H groups in total. The summed E-state index contributed by atoms with van der Waals surface area (Å²) in [6, 6.07) is 6.14. The molecule has 0 saturated carbocycles. The van der Waals surface area contributed by atoms with Gasteiger partial charge in [-0.2, -0.15) is 13.2 Å². The second kappa shape index (κ2) is 9.87. The van der Waals surface area contributed by atoms with Crippen molar-refractivity contribution in [2.24, 2.45) is 11.1 Å². The maximum absolute atomic E-state index is 14.2. The Balaban J connectivity index is 1.72. The number of nitrogens with two attached hydrogens (primary N) is 1. The lowest BCUT2D eigenvalue weighted by Gasteiger charge is -2.37. The lowest BCUT2D eigenvalue weighted by atomic mass is 9.72. The van der Waals surface area contributed by atoms with E-state index in [2.05, 4.69) is 15.3 Å². The van der Waals surface area contributed by atoms with E-state index in [0.29, 0.717) is 18.5 Å². The van der Waals surface area contributed by atoms with Gasteiger partial charge in [0.15, 0.2) is 0 Å². The number of hydrogen-bond acceptors (Lipinski definition) is 4. The van der Waals surface area contributed by atoms with Crippen molar-refractivity contribution in [1.29, 1.82) is 0 Å². The third-order valence-electron chi connectivity index (χ3n) is 5.56. The second-order valence-corrected chi connectivity index (χ2v) is 7.69. The number of primary amides is 1. The van der Waals surface area contributed by atoms with Crippen molar-refractivity contribution >= 4 is 5.91 Å². The summed E-state index contributed by atoms with van der Waals surface area (Å²) in [7, 11) is 0. The molecule has 2 heterocycles. The van der Waals surface area contributed by atoms with E-state index in [0.717, 1.165) is 11.1 Å². The van der Waals surface area contributed by atoms with Gasteiger partial charge in [-0.1, -0.05) is 24.3 Å². The predicted octanol–water partition coefficient (Wildman–Crippen LogP) is 3.53. The summed E-state index contributed by atoms with van der Waals surface area (Å²) in [5.74, 6) is -0.696. The predicted molar refractivity (Wildman–Crippen MR) is 112 cm³/mol. The number of alkyl halides is 3. The van der Waals surface area contributed by atoms with Gasteiger partial charge in [0.2, 0.25) is 5.91 Å². The average Bonchev–Trinajstić information content (AvgIpc) is 2.76. The van der Waals surface area contributed by atoms with Crippen LogP contribution in [0.15, 0.2) is 72.9 Å². The Morgan fingerprint density at radius 2 is 1.90 bits per heavy atom. The fraction of sp³-hybridized carbons (Fsp3) is 0.348. The van der Waals surface area contributed by atoms with Crippen molar-refractivity contribution in [3.05, 3.63) is 84.0 Å². The van der Waals surface area contributed by atoms with Crippen molar-refractivity contribution in [3.63, 3.8) is 0 Å². The van der Waals surface area contributed by atoms with E-state index in [1.54, 1.807) is 49.1 Å². The molecular weight excluding hydrogens is 405 g/mol. The van der Waals surface area contributed by atoms with Crippen molar-refractivity contribution < 1.29 is 18.0 Å². The molecule has 1 amide bonds. The molecular formula is C23H25F3N4O. The van der Waals surface area contributed by atoms with Gasteiger partial charge in [-0.05, 0) is 60.6 Å². The summed E-state index contributed by atoms with van der Waals surface area (Å²) in [5, 5.41) is 3.02. The topological polar surface area (TPSA) is 80.9 Å². The summed E-state index contributed by atoms with van der Waals surface area (Å²) >= 11 is 0. The van der Waals surface area contributed by atoms with Gasteiger partial charge >= 0.3 is 6.18 Å². The number of pyridine rings is 2. The van der Waals surface area contributed by atoms with Crippen LogP contribution in [0.5, 0.6) is 0 Å². The number of hydrogen-bond donors (Lipinski definition) is 2. The van der Waals surface area contributed by atoms with E-state index in [9.17, 15) is 18.0 Å². The van der Waals surface area contributed by atoms with Crippen molar-refractivity contribution in [2.45, 2.75) is 37.9 Å². The van der Waals surface area contributed by atoms with Crippen LogP contribution in [0.4, 0.5) is 13.2 Å². The van der Waals surface area contributed by atoms with Crippen LogP contribution in [0.25, 0.3) is 0 Å². The van der Waals surface area contributed by atoms with Crippen LogP contribution in [0.3, 0.4) is 0 Å². The molecule has 2 aromatic heterocycles. The monoisotopic (exact) mass is 430 g/mol. The first-order valence-corrected chi connectivity index (χ1v) is 10.1. The Hall–Kier alpha value is -3.00. The Kier molecular flexibility index (Phi) is 7.22. The normalized spacial score (nSPS) is 19.6. The third kappa shape index (κ3) is 5.79. The molecule has 0 bridgehead atoms. The Bertz CT molecular complexity index is 929. The van der Waals surface area contributed by atoms with Crippen LogP contribution in [-0.4, -0.2) is 34.6 Å². The molecule has 2 aromatic rings. The quantitative estimate of drug-likeness (QED) is 0.638. The van der Waals surface area contributed by atoms with Gasteiger partial charge < -0.3 is 11.1 Å². The fourth-order valence-corrected chi connectivity index (χ4v) is 3.78. The van der Waals surface area contributed by atoms with E-state index in [1.165, 1.54) is 12.2 Å². The Morgan fingerprint density at radius 3 is 2.55 bits per heavy atom. The van der Waals surface area contributed by atoms with Crippen LogP contribution < -0.4 is 11.1 Å². The molecule has 1 aliphatic carbocycles. The number of halogens is 3. The van der Waals surface area contributed by atoms with Crippen molar-refractivity contribution in [3.8, 4) is 0 Å². The molecule has 164 valence electrons. The number of carbonyl (C=O) groups excluding carboxylic acids is 1. The van der Waals surface area contributed by atoms with Crippen molar-refractivity contribution in [1.82, 2.24) is 15.3 Å². The Labute approximate surface area is 179 Å². The fourth-order valence-electron chi connectivity index (χ4n) is 3.78. The second-order valence-electron chi connectivity index (χ2n) is 7.69. The lowest BCUT2D eigenvalue weighted by Crippen LogP contribution is -2.47. The first-order chi connectivity index (χ1) is 14.8. The van der Waals surface area contributed by atoms with Gasteiger partial charge in [-0.3, -0.25) is 14.8 Å². The first-order valence-electron chi connectivity index (χ1n) is 10.1. The molecule has 8 heteroatoms. The van der Waals surface area contributed by atoms with Crippen LogP contribution >= 0.6 is 0 Å². The number of nitrogens with one attached hydrogen (secondary N) is 1. The largest absolute Gasteiger partial charge is 0.398 e. The summed E-state index contributed by atoms with van der Waals surface area (Å²) in [6.45, 7) is 0.385. The highest BCUT2D eigenvalue weighted by Gasteiger charge is 2.53. The number of carbonyl (C=O) groups is 1. The molecule has 0 aromatic carbocycles. The number of allylic oxidation sites excluding steroid dienone is 3. The number of nitrogens with zero attached hydrogens (tertiary/aromatic N) is 2. The van der Waals surface area contributed by atoms with Crippen LogP contribution in [0, 0.1) is 5.41 Å². The zero-order valence-electron chi connectivity index (χ0n) is 17.0. The van der Waals surface area contributed by atoms with Gasteiger partial charge in [0, 0.05) is 31.3 Å². The first kappa shape index (κ1) is 22.7. The smallest absolute Gasteiger partial charge is 0.368 e. The van der Waals surface area contributed by atoms with Gasteiger partial charge in [0.05, 0.1) is 5.41 Å². The molecule has 5 nitrogen and oxygen atoms in total. The summed E-state index contributed by atoms with van der Waals surface area (Å²) in [5.41, 5.74) is 5.57. The molecule has 0 saturated heterocycles.